The molecule has 0 aromatic carbocycles. The molecule has 0 saturated heterocycles. The fourth-order valence-electron chi connectivity index (χ4n) is 1.71. The highest BCUT2D eigenvalue weighted by Gasteiger charge is 2.25. The van der Waals surface area contributed by atoms with Gasteiger partial charge in [0.1, 0.15) is 10.9 Å². The lowest BCUT2D eigenvalue weighted by atomic mass is 10.2. The van der Waals surface area contributed by atoms with E-state index in [9.17, 15) is 8.42 Å². The number of hydrogen-bond acceptors (Lipinski definition) is 6. The van der Waals surface area contributed by atoms with Crippen LogP contribution in [0, 0.1) is 0 Å². The second-order valence-electron chi connectivity index (χ2n) is 3.62. The van der Waals surface area contributed by atoms with E-state index in [2.05, 4.69) is 9.97 Å². The van der Waals surface area contributed by atoms with E-state index < -0.39 is 9.84 Å². The van der Waals surface area contributed by atoms with Crippen molar-refractivity contribution in [1.82, 2.24) is 9.97 Å². The van der Waals surface area contributed by atoms with Gasteiger partial charge in [-0.25, -0.2) is 18.4 Å². The molecule has 0 aliphatic carbocycles. The third-order valence-electron chi connectivity index (χ3n) is 2.49. The molecule has 5 nitrogen and oxygen atoms in total. The molecule has 1 aliphatic heterocycles. The van der Waals surface area contributed by atoms with Crippen LogP contribution in [0.4, 0.5) is 0 Å². The summed E-state index contributed by atoms with van der Waals surface area (Å²) in [6.07, 6.45) is 2.35. The third kappa shape index (κ3) is 2.21. The highest BCUT2D eigenvalue weighted by molar-refractivity contribution is 7.98. The first-order valence-corrected chi connectivity index (χ1v) is 7.93. The van der Waals surface area contributed by atoms with E-state index in [0.29, 0.717) is 12.2 Å². The van der Waals surface area contributed by atoms with Gasteiger partial charge in [-0.05, 0) is 6.26 Å². The molecule has 1 aliphatic rings. The smallest absolute Gasteiger partial charge is 0.155 e. The number of rotatable bonds is 2. The Balaban J connectivity index is 2.54. The maximum absolute atomic E-state index is 11.5. The quantitative estimate of drug-likeness (QED) is 0.600. The Bertz CT molecular complexity index is 496. The van der Waals surface area contributed by atoms with Crippen molar-refractivity contribution in [2.75, 3.05) is 12.0 Å². The number of thioether (sulfide) groups is 1. The first-order chi connectivity index (χ1) is 7.55. The van der Waals surface area contributed by atoms with Gasteiger partial charge in [0.15, 0.2) is 9.84 Å². The molecule has 0 bridgehead atoms. The molecule has 0 radical (unpaired) electrons. The largest absolute Gasteiger partial charge is 0.324 e. The number of nitrogens with two attached hydrogens (primary N) is 1. The lowest BCUT2D eigenvalue weighted by Gasteiger charge is -2.18. The lowest BCUT2D eigenvalue weighted by molar-refractivity contribution is 0.588. The van der Waals surface area contributed by atoms with E-state index in [1.165, 1.54) is 11.8 Å². The predicted octanol–water partition coefficient (Wildman–Crippen LogP) is 0.128. The van der Waals surface area contributed by atoms with Crippen LogP contribution in [0.15, 0.2) is 5.03 Å². The summed E-state index contributed by atoms with van der Waals surface area (Å²) in [6, 6.07) is 0. The van der Waals surface area contributed by atoms with Crippen LogP contribution in [-0.4, -0.2) is 30.4 Å². The van der Waals surface area contributed by atoms with Crippen molar-refractivity contribution in [1.29, 1.82) is 0 Å². The highest BCUT2D eigenvalue weighted by atomic mass is 32.2. The average molecular weight is 259 g/mol. The topological polar surface area (TPSA) is 85.9 Å². The van der Waals surface area contributed by atoms with Crippen LogP contribution in [0.25, 0.3) is 0 Å². The molecule has 0 amide bonds. The molecular formula is C9H13N3O2S2. The summed E-state index contributed by atoms with van der Waals surface area (Å²) in [7, 11) is -2.97. The first kappa shape index (κ1) is 11.8. The van der Waals surface area contributed by atoms with Crippen LogP contribution >= 0.6 is 11.8 Å². The number of aromatic nitrogens is 2. The lowest BCUT2D eigenvalue weighted by Crippen LogP contribution is -2.22. The maximum Gasteiger partial charge on any atom is 0.155 e. The van der Waals surface area contributed by atoms with Gasteiger partial charge in [-0.15, -0.1) is 11.8 Å². The molecule has 2 rings (SSSR count). The Morgan fingerprint density at radius 3 is 2.81 bits per heavy atom. The molecule has 1 aromatic heterocycles. The Morgan fingerprint density at radius 1 is 1.44 bits per heavy atom. The minimum atomic E-state index is -2.97. The van der Waals surface area contributed by atoms with Crippen LogP contribution in [0.3, 0.4) is 0 Å². The van der Waals surface area contributed by atoms with E-state index in [0.717, 1.165) is 16.3 Å². The fourth-order valence-corrected chi connectivity index (χ4v) is 3.83. The van der Waals surface area contributed by atoms with Gasteiger partial charge in [-0.3, -0.25) is 0 Å². The number of nitrogens with zero attached hydrogens (tertiary/aromatic N) is 2. The van der Waals surface area contributed by atoms with Gasteiger partial charge >= 0.3 is 0 Å². The monoisotopic (exact) mass is 259 g/mol. The third-order valence-corrected chi connectivity index (χ3v) is 4.77. The van der Waals surface area contributed by atoms with E-state index in [-0.39, 0.29) is 18.1 Å². The van der Waals surface area contributed by atoms with Crippen molar-refractivity contribution in [2.24, 2.45) is 5.73 Å². The summed E-state index contributed by atoms with van der Waals surface area (Å²) in [5.41, 5.74) is 7.11. The zero-order valence-electron chi connectivity index (χ0n) is 8.93. The van der Waals surface area contributed by atoms with Crippen molar-refractivity contribution < 1.29 is 8.42 Å². The second-order valence-corrected chi connectivity index (χ2v) is 6.60. The minimum absolute atomic E-state index is 0.0589. The summed E-state index contributed by atoms with van der Waals surface area (Å²) < 4.78 is 23.1. The Labute approximate surface area is 98.8 Å². The maximum atomic E-state index is 11.5. The first-order valence-electron chi connectivity index (χ1n) is 4.89. The van der Waals surface area contributed by atoms with Gasteiger partial charge in [-0.1, -0.05) is 0 Å². The van der Waals surface area contributed by atoms with E-state index >= 15 is 0 Å². The Hall–Kier alpha value is -0.660. The molecule has 0 spiro atoms. The summed E-state index contributed by atoms with van der Waals surface area (Å²) >= 11 is 1.44. The Morgan fingerprint density at radius 2 is 2.19 bits per heavy atom. The molecule has 0 unspecified atom stereocenters. The summed E-state index contributed by atoms with van der Waals surface area (Å²) in [4.78, 5) is 8.54. The van der Waals surface area contributed by atoms with Crippen molar-refractivity contribution in [3.63, 3.8) is 0 Å². The number of fused-ring (bicyclic) bond motifs is 1. The highest BCUT2D eigenvalue weighted by Crippen LogP contribution is 2.27. The molecule has 1 aromatic rings. The summed E-state index contributed by atoms with van der Waals surface area (Å²) in [5.74, 6) is 0.820. The minimum Gasteiger partial charge on any atom is -0.324 e. The molecule has 0 saturated carbocycles. The Kier molecular flexibility index (Phi) is 3.18. The van der Waals surface area contributed by atoms with Crippen LogP contribution in [0.2, 0.25) is 0 Å². The van der Waals surface area contributed by atoms with Gasteiger partial charge in [-0.2, -0.15) is 0 Å². The number of aryl methyl sites for hydroxylation is 1. The van der Waals surface area contributed by atoms with Gasteiger partial charge in [0.25, 0.3) is 0 Å². The molecule has 2 heterocycles. The molecule has 0 atom stereocenters. The van der Waals surface area contributed by atoms with E-state index in [1.807, 2.05) is 6.26 Å². The van der Waals surface area contributed by atoms with E-state index in [4.69, 9.17) is 5.73 Å². The van der Waals surface area contributed by atoms with Crippen molar-refractivity contribution in [3.05, 3.63) is 17.1 Å². The standard InChI is InChI=1S/C9H13N3O2S2/c1-15-9-6-5-16(13,14)3-2-7(6)11-8(4-10)12-9/h2-5,10H2,1H3. The van der Waals surface area contributed by atoms with Crippen LogP contribution < -0.4 is 5.73 Å². The summed E-state index contributed by atoms with van der Waals surface area (Å²) in [5, 5.41) is 0.744. The molecule has 7 heteroatoms. The molecule has 0 fully saturated rings. The van der Waals surface area contributed by atoms with Crippen LogP contribution in [-0.2, 0) is 28.6 Å². The zero-order valence-corrected chi connectivity index (χ0v) is 10.6. The molecular weight excluding hydrogens is 246 g/mol. The average Bonchev–Trinajstić information content (AvgIpc) is 2.26. The molecule has 2 N–H and O–H groups in total. The SMILES string of the molecule is CSc1nc(CN)nc2c1CS(=O)(=O)CC2. The van der Waals surface area contributed by atoms with Gasteiger partial charge < -0.3 is 5.73 Å². The van der Waals surface area contributed by atoms with Gasteiger partial charge in [0.2, 0.25) is 0 Å². The van der Waals surface area contributed by atoms with Gasteiger partial charge in [0, 0.05) is 12.0 Å². The van der Waals surface area contributed by atoms with Crippen molar-refractivity contribution >= 4 is 21.6 Å². The number of sulfone groups is 1. The van der Waals surface area contributed by atoms with Crippen molar-refractivity contribution in [2.45, 2.75) is 23.7 Å². The zero-order chi connectivity index (χ0) is 11.8. The van der Waals surface area contributed by atoms with E-state index in [1.54, 1.807) is 0 Å². The molecule has 16 heavy (non-hydrogen) atoms. The van der Waals surface area contributed by atoms with Gasteiger partial charge in [0.05, 0.1) is 23.7 Å². The van der Waals surface area contributed by atoms with Crippen LogP contribution in [0.1, 0.15) is 17.1 Å². The fraction of sp³-hybridized carbons (Fsp3) is 0.556. The normalized spacial score (nSPS) is 18.1. The van der Waals surface area contributed by atoms with Crippen molar-refractivity contribution in [3.8, 4) is 0 Å². The van der Waals surface area contributed by atoms with Crippen LogP contribution in [0.5, 0.6) is 0 Å². The molecule has 88 valence electrons. The second kappa shape index (κ2) is 4.31. The summed E-state index contributed by atoms with van der Waals surface area (Å²) in [6.45, 7) is 0.285. The predicted molar refractivity (Wildman–Crippen MR) is 62.9 cm³/mol. The number of hydrogen-bond donors (Lipinski definition) is 1.